The molecule has 0 aliphatic carbocycles. The molecule has 0 fully saturated rings. The Labute approximate surface area is 97.1 Å². The summed E-state index contributed by atoms with van der Waals surface area (Å²) < 4.78 is 0. The molecule has 0 saturated carbocycles. The van der Waals surface area contributed by atoms with Gasteiger partial charge < -0.3 is 5.32 Å². The van der Waals surface area contributed by atoms with Crippen molar-refractivity contribution in [1.82, 2.24) is 0 Å². The van der Waals surface area contributed by atoms with E-state index in [1.807, 2.05) is 0 Å². The van der Waals surface area contributed by atoms with Gasteiger partial charge in [0.1, 0.15) is 0 Å². The minimum Gasteiger partial charge on any atom is -0.381 e. The van der Waals surface area contributed by atoms with Gasteiger partial charge in [-0.15, -0.1) is 0 Å². The van der Waals surface area contributed by atoms with Gasteiger partial charge in [-0.2, -0.15) is 0 Å². The van der Waals surface area contributed by atoms with Crippen LogP contribution in [0.15, 0.2) is 48.5 Å². The summed E-state index contributed by atoms with van der Waals surface area (Å²) in [6, 6.07) is 17.0. The molecule has 0 heterocycles. The summed E-state index contributed by atoms with van der Waals surface area (Å²) >= 11 is 0. The summed E-state index contributed by atoms with van der Waals surface area (Å²) in [5, 5.41) is 3.43. The Kier molecular flexibility index (Phi) is 3.25. The Hall–Kier alpha value is -1.76. The minimum absolute atomic E-state index is 0.885. The first kappa shape index (κ1) is 10.7. The molecule has 0 unspecified atom stereocenters. The fourth-order valence-corrected chi connectivity index (χ4v) is 1.68. The second kappa shape index (κ2) is 4.84. The zero-order valence-corrected chi connectivity index (χ0v) is 9.83. The summed E-state index contributed by atoms with van der Waals surface area (Å²) in [6.45, 7) is 5.13. The Morgan fingerprint density at radius 3 is 2.25 bits per heavy atom. The lowest BCUT2D eigenvalue weighted by Gasteiger charge is -2.08. The molecule has 0 amide bonds. The number of hydrogen-bond donors (Lipinski definition) is 1. The molecule has 2 aromatic rings. The van der Waals surface area contributed by atoms with E-state index in [4.69, 9.17) is 0 Å². The molecule has 1 N–H and O–H groups in total. The molecule has 0 aliphatic rings. The summed E-state index contributed by atoms with van der Waals surface area (Å²) in [7, 11) is 0. The van der Waals surface area contributed by atoms with E-state index in [2.05, 4.69) is 67.7 Å². The third-order valence-electron chi connectivity index (χ3n) is 2.80. The first-order valence-corrected chi connectivity index (χ1v) is 5.61. The van der Waals surface area contributed by atoms with E-state index in [-0.39, 0.29) is 0 Å². The topological polar surface area (TPSA) is 12.0 Å². The zero-order valence-electron chi connectivity index (χ0n) is 9.83. The Morgan fingerprint density at radius 1 is 0.875 bits per heavy atom. The van der Waals surface area contributed by atoms with Crippen LogP contribution in [0.5, 0.6) is 0 Å². The molecule has 82 valence electrons. The second-order valence-corrected chi connectivity index (χ2v) is 4.15. The molecule has 0 aromatic heterocycles. The van der Waals surface area contributed by atoms with E-state index in [0.717, 1.165) is 6.54 Å². The Balaban J connectivity index is 2.02. The van der Waals surface area contributed by atoms with E-state index >= 15 is 0 Å². The van der Waals surface area contributed by atoms with Crippen molar-refractivity contribution in [2.45, 2.75) is 20.4 Å². The predicted molar refractivity (Wildman–Crippen MR) is 69.7 cm³/mol. The van der Waals surface area contributed by atoms with Gasteiger partial charge in [-0.3, -0.25) is 0 Å². The normalized spacial score (nSPS) is 10.1. The lowest BCUT2D eigenvalue weighted by Crippen LogP contribution is -2.00. The number of anilines is 1. The fourth-order valence-electron chi connectivity index (χ4n) is 1.68. The van der Waals surface area contributed by atoms with E-state index < -0.39 is 0 Å². The van der Waals surface area contributed by atoms with Gasteiger partial charge in [-0.1, -0.05) is 42.0 Å². The fraction of sp³-hybridized carbons (Fsp3) is 0.200. The molecular formula is C15H17N. The SMILES string of the molecule is Cc1ccc(NCc2ccccc2C)cc1. The standard InChI is InChI=1S/C15H17N/c1-12-7-9-15(10-8-12)16-11-14-6-4-3-5-13(14)2/h3-10,16H,11H2,1-2H3. The summed E-state index contributed by atoms with van der Waals surface area (Å²) in [6.07, 6.45) is 0. The summed E-state index contributed by atoms with van der Waals surface area (Å²) in [4.78, 5) is 0. The van der Waals surface area contributed by atoms with E-state index in [1.54, 1.807) is 0 Å². The smallest absolute Gasteiger partial charge is 0.0403 e. The van der Waals surface area contributed by atoms with E-state index in [0.29, 0.717) is 0 Å². The van der Waals surface area contributed by atoms with Crippen LogP contribution in [0.2, 0.25) is 0 Å². The van der Waals surface area contributed by atoms with Crippen molar-refractivity contribution in [1.29, 1.82) is 0 Å². The van der Waals surface area contributed by atoms with Crippen LogP contribution in [0.1, 0.15) is 16.7 Å². The highest BCUT2D eigenvalue weighted by Gasteiger charge is 1.96. The number of aryl methyl sites for hydroxylation is 2. The summed E-state index contributed by atoms with van der Waals surface area (Å²) in [5.74, 6) is 0. The van der Waals surface area contributed by atoms with Gasteiger partial charge in [-0.05, 0) is 37.1 Å². The maximum Gasteiger partial charge on any atom is 0.0403 e. The maximum atomic E-state index is 3.43. The summed E-state index contributed by atoms with van der Waals surface area (Å²) in [5.41, 5.74) is 5.15. The van der Waals surface area contributed by atoms with Gasteiger partial charge in [0.15, 0.2) is 0 Å². The zero-order chi connectivity index (χ0) is 11.4. The molecule has 0 saturated heterocycles. The van der Waals surface area contributed by atoms with Crippen LogP contribution in [-0.4, -0.2) is 0 Å². The first-order chi connectivity index (χ1) is 7.75. The number of hydrogen-bond acceptors (Lipinski definition) is 1. The Morgan fingerprint density at radius 2 is 1.56 bits per heavy atom. The molecule has 16 heavy (non-hydrogen) atoms. The van der Waals surface area contributed by atoms with Crippen LogP contribution in [-0.2, 0) is 6.54 Å². The van der Waals surface area contributed by atoms with Crippen molar-refractivity contribution in [3.05, 3.63) is 65.2 Å². The maximum absolute atomic E-state index is 3.43. The highest BCUT2D eigenvalue weighted by Crippen LogP contribution is 2.12. The van der Waals surface area contributed by atoms with Crippen molar-refractivity contribution in [3.63, 3.8) is 0 Å². The molecule has 1 heteroatoms. The Bertz CT molecular complexity index is 457. The number of nitrogens with one attached hydrogen (secondary N) is 1. The van der Waals surface area contributed by atoms with Gasteiger partial charge in [-0.25, -0.2) is 0 Å². The average molecular weight is 211 g/mol. The molecule has 1 nitrogen and oxygen atoms in total. The van der Waals surface area contributed by atoms with Crippen molar-refractivity contribution in [2.75, 3.05) is 5.32 Å². The molecule has 0 spiro atoms. The molecule has 0 aliphatic heterocycles. The van der Waals surface area contributed by atoms with E-state index in [9.17, 15) is 0 Å². The lowest BCUT2D eigenvalue weighted by molar-refractivity contribution is 1.12. The molecule has 0 atom stereocenters. The van der Waals surface area contributed by atoms with Crippen LogP contribution in [0.3, 0.4) is 0 Å². The quantitative estimate of drug-likeness (QED) is 0.811. The van der Waals surface area contributed by atoms with Gasteiger partial charge >= 0.3 is 0 Å². The third kappa shape index (κ3) is 2.63. The average Bonchev–Trinajstić information content (AvgIpc) is 2.30. The van der Waals surface area contributed by atoms with E-state index in [1.165, 1.54) is 22.4 Å². The monoisotopic (exact) mass is 211 g/mol. The third-order valence-corrected chi connectivity index (χ3v) is 2.80. The highest BCUT2D eigenvalue weighted by atomic mass is 14.9. The van der Waals surface area contributed by atoms with Crippen LogP contribution < -0.4 is 5.32 Å². The van der Waals surface area contributed by atoms with Gasteiger partial charge in [0, 0.05) is 12.2 Å². The molecular weight excluding hydrogens is 194 g/mol. The van der Waals surface area contributed by atoms with Crippen molar-refractivity contribution < 1.29 is 0 Å². The first-order valence-electron chi connectivity index (χ1n) is 5.61. The predicted octanol–water partition coefficient (Wildman–Crippen LogP) is 3.92. The number of benzene rings is 2. The highest BCUT2D eigenvalue weighted by molar-refractivity contribution is 5.45. The van der Waals surface area contributed by atoms with Crippen molar-refractivity contribution >= 4 is 5.69 Å². The van der Waals surface area contributed by atoms with Crippen LogP contribution >= 0.6 is 0 Å². The minimum atomic E-state index is 0.885. The largest absolute Gasteiger partial charge is 0.381 e. The number of rotatable bonds is 3. The molecule has 2 rings (SSSR count). The van der Waals surface area contributed by atoms with Crippen molar-refractivity contribution in [3.8, 4) is 0 Å². The molecule has 2 aromatic carbocycles. The molecule has 0 radical (unpaired) electrons. The van der Waals surface area contributed by atoms with Crippen LogP contribution in [0.25, 0.3) is 0 Å². The lowest BCUT2D eigenvalue weighted by atomic mass is 10.1. The van der Waals surface area contributed by atoms with Crippen LogP contribution in [0, 0.1) is 13.8 Å². The van der Waals surface area contributed by atoms with Crippen molar-refractivity contribution in [2.24, 2.45) is 0 Å². The second-order valence-electron chi connectivity index (χ2n) is 4.15. The van der Waals surface area contributed by atoms with Gasteiger partial charge in [0.2, 0.25) is 0 Å². The van der Waals surface area contributed by atoms with Gasteiger partial charge in [0.25, 0.3) is 0 Å². The molecule has 0 bridgehead atoms. The van der Waals surface area contributed by atoms with Crippen LogP contribution in [0.4, 0.5) is 5.69 Å². The van der Waals surface area contributed by atoms with Gasteiger partial charge in [0.05, 0.1) is 0 Å².